The standard InChI is InChI=1S/C3H3N3.3C2H6/c1-4-2-6-3-5-1;3*1-2/h1-3H;3*1-2H3. The Morgan fingerprint density at radius 3 is 0.750 bits per heavy atom. The number of rotatable bonds is 0. The minimum atomic E-state index is 1.44. The average molecular weight is 171 g/mol. The Kier molecular flexibility index (Phi) is 46.4. The van der Waals surface area contributed by atoms with E-state index >= 15 is 0 Å². The Labute approximate surface area is 76.3 Å². The third kappa shape index (κ3) is 23.0. The van der Waals surface area contributed by atoms with Gasteiger partial charge in [-0.15, -0.1) is 0 Å². The molecule has 0 unspecified atom stereocenters. The maximum absolute atomic E-state index is 3.56. The second kappa shape index (κ2) is 32.4. The second-order valence-electron chi connectivity index (χ2n) is 0.794. The van der Waals surface area contributed by atoms with Gasteiger partial charge in [0.05, 0.1) is 0 Å². The van der Waals surface area contributed by atoms with Crippen LogP contribution >= 0.6 is 0 Å². The molecule has 1 aromatic rings. The molecule has 0 aliphatic rings. The van der Waals surface area contributed by atoms with Gasteiger partial charge in [0.15, 0.2) is 0 Å². The number of aromatic nitrogens is 3. The number of nitrogens with zero attached hydrogens (tertiary/aromatic N) is 3. The first-order valence-electron chi connectivity index (χ1n) is 4.55. The van der Waals surface area contributed by atoms with Crippen molar-refractivity contribution < 1.29 is 0 Å². The summed E-state index contributed by atoms with van der Waals surface area (Å²) in [5, 5.41) is 0. The van der Waals surface area contributed by atoms with Gasteiger partial charge in [-0.2, -0.15) is 0 Å². The smallest absolute Gasteiger partial charge is 0.119 e. The van der Waals surface area contributed by atoms with Gasteiger partial charge in [0.25, 0.3) is 0 Å². The summed E-state index contributed by atoms with van der Waals surface area (Å²) in [6, 6.07) is 0. The number of hydrogen-bond acceptors (Lipinski definition) is 3. The Morgan fingerprint density at radius 2 is 0.667 bits per heavy atom. The van der Waals surface area contributed by atoms with Gasteiger partial charge in [0.2, 0.25) is 0 Å². The van der Waals surface area contributed by atoms with Crippen molar-refractivity contribution in [1.82, 2.24) is 15.0 Å². The molecule has 0 aromatic carbocycles. The van der Waals surface area contributed by atoms with Crippen LogP contribution in [0.4, 0.5) is 0 Å². The molecule has 0 aliphatic heterocycles. The van der Waals surface area contributed by atoms with Crippen molar-refractivity contribution in [3.05, 3.63) is 19.0 Å². The maximum Gasteiger partial charge on any atom is 0.119 e. The van der Waals surface area contributed by atoms with Crippen LogP contribution in [0.3, 0.4) is 0 Å². The van der Waals surface area contributed by atoms with Crippen LogP contribution in [0.1, 0.15) is 41.5 Å². The molecule has 0 N–H and O–H groups in total. The zero-order valence-electron chi connectivity index (χ0n) is 9.07. The fourth-order valence-corrected chi connectivity index (χ4v) is 0.205. The average Bonchev–Trinajstić information content (AvgIpc) is 2.29. The van der Waals surface area contributed by atoms with Gasteiger partial charge in [-0.25, -0.2) is 15.0 Å². The molecule has 0 saturated carbocycles. The van der Waals surface area contributed by atoms with E-state index in [9.17, 15) is 0 Å². The quantitative estimate of drug-likeness (QED) is 0.602. The highest BCUT2D eigenvalue weighted by molar-refractivity contribution is 4.51. The molecule has 0 aliphatic carbocycles. The SMILES string of the molecule is CC.CC.CC.c1ncncn1. The topological polar surface area (TPSA) is 38.7 Å². The zero-order valence-corrected chi connectivity index (χ0v) is 9.07. The monoisotopic (exact) mass is 171 g/mol. The molecule has 0 fully saturated rings. The van der Waals surface area contributed by atoms with Crippen LogP contribution in [-0.2, 0) is 0 Å². The lowest BCUT2D eigenvalue weighted by atomic mass is 11.0. The molecule has 1 aromatic heterocycles. The van der Waals surface area contributed by atoms with E-state index in [1.807, 2.05) is 41.5 Å². The highest BCUT2D eigenvalue weighted by Gasteiger charge is 1.59. The zero-order chi connectivity index (χ0) is 10.2. The maximum atomic E-state index is 3.56. The van der Waals surface area contributed by atoms with Crippen molar-refractivity contribution in [2.75, 3.05) is 0 Å². The minimum Gasteiger partial charge on any atom is -0.225 e. The minimum absolute atomic E-state index is 1.44. The van der Waals surface area contributed by atoms with Gasteiger partial charge in [-0.3, -0.25) is 0 Å². The molecule has 1 rings (SSSR count). The summed E-state index contributed by atoms with van der Waals surface area (Å²) in [5.74, 6) is 0. The highest BCUT2D eigenvalue weighted by atomic mass is 14.9. The van der Waals surface area contributed by atoms with E-state index in [2.05, 4.69) is 15.0 Å². The van der Waals surface area contributed by atoms with Crippen molar-refractivity contribution in [1.29, 1.82) is 0 Å². The Bertz CT molecular complexity index is 81.7. The molecule has 0 amide bonds. The van der Waals surface area contributed by atoms with E-state index in [1.54, 1.807) is 0 Å². The molecule has 12 heavy (non-hydrogen) atoms. The molecule has 0 spiro atoms. The molecule has 0 radical (unpaired) electrons. The highest BCUT2D eigenvalue weighted by Crippen LogP contribution is 1.57. The van der Waals surface area contributed by atoms with Gasteiger partial charge in [-0.05, 0) is 0 Å². The van der Waals surface area contributed by atoms with Gasteiger partial charge in [-0.1, -0.05) is 41.5 Å². The first-order chi connectivity index (χ1) is 6.00. The third-order valence-electron chi connectivity index (χ3n) is 0.400. The lowest BCUT2D eigenvalue weighted by molar-refractivity contribution is 1.05. The molecule has 0 atom stereocenters. The first-order valence-corrected chi connectivity index (χ1v) is 4.55. The fourth-order valence-electron chi connectivity index (χ4n) is 0.205. The summed E-state index contributed by atoms with van der Waals surface area (Å²) in [4.78, 5) is 10.7. The van der Waals surface area contributed by atoms with E-state index in [-0.39, 0.29) is 0 Å². The van der Waals surface area contributed by atoms with Gasteiger partial charge < -0.3 is 0 Å². The summed E-state index contributed by atoms with van der Waals surface area (Å²) in [6.07, 6.45) is 4.31. The summed E-state index contributed by atoms with van der Waals surface area (Å²) >= 11 is 0. The van der Waals surface area contributed by atoms with E-state index in [4.69, 9.17) is 0 Å². The van der Waals surface area contributed by atoms with Crippen LogP contribution in [0.5, 0.6) is 0 Å². The second-order valence-corrected chi connectivity index (χ2v) is 0.794. The van der Waals surface area contributed by atoms with Crippen molar-refractivity contribution in [3.63, 3.8) is 0 Å². The van der Waals surface area contributed by atoms with E-state index in [1.165, 1.54) is 19.0 Å². The molecular formula is C9H21N3. The van der Waals surface area contributed by atoms with Crippen LogP contribution in [0.25, 0.3) is 0 Å². The first kappa shape index (κ1) is 17.2. The fraction of sp³-hybridized carbons (Fsp3) is 0.667. The molecule has 0 saturated heterocycles. The van der Waals surface area contributed by atoms with E-state index in [0.717, 1.165) is 0 Å². The van der Waals surface area contributed by atoms with Crippen LogP contribution in [0, 0.1) is 0 Å². The van der Waals surface area contributed by atoms with Crippen LogP contribution in [0.2, 0.25) is 0 Å². The summed E-state index contributed by atoms with van der Waals surface area (Å²) < 4.78 is 0. The summed E-state index contributed by atoms with van der Waals surface area (Å²) in [7, 11) is 0. The van der Waals surface area contributed by atoms with Crippen molar-refractivity contribution in [2.45, 2.75) is 41.5 Å². The van der Waals surface area contributed by atoms with E-state index < -0.39 is 0 Å². The molecule has 3 nitrogen and oxygen atoms in total. The van der Waals surface area contributed by atoms with Crippen LogP contribution in [-0.4, -0.2) is 15.0 Å². The van der Waals surface area contributed by atoms with Gasteiger partial charge >= 0.3 is 0 Å². The molecule has 72 valence electrons. The Morgan fingerprint density at radius 1 is 0.500 bits per heavy atom. The molecule has 1 heterocycles. The summed E-state index contributed by atoms with van der Waals surface area (Å²) in [6.45, 7) is 12.0. The Hall–Kier alpha value is -0.990. The van der Waals surface area contributed by atoms with Crippen molar-refractivity contribution in [2.24, 2.45) is 0 Å². The predicted octanol–water partition coefficient (Wildman–Crippen LogP) is 2.95. The van der Waals surface area contributed by atoms with Crippen molar-refractivity contribution in [3.8, 4) is 0 Å². The van der Waals surface area contributed by atoms with E-state index in [0.29, 0.717) is 0 Å². The van der Waals surface area contributed by atoms with Gasteiger partial charge in [0, 0.05) is 0 Å². The molecule has 0 bridgehead atoms. The summed E-state index contributed by atoms with van der Waals surface area (Å²) in [5.41, 5.74) is 0. The third-order valence-corrected chi connectivity index (χ3v) is 0.400. The lowest BCUT2D eigenvalue weighted by Crippen LogP contribution is -1.73. The van der Waals surface area contributed by atoms with Crippen LogP contribution in [0.15, 0.2) is 19.0 Å². The van der Waals surface area contributed by atoms with Gasteiger partial charge in [0.1, 0.15) is 19.0 Å². The van der Waals surface area contributed by atoms with Crippen molar-refractivity contribution >= 4 is 0 Å². The van der Waals surface area contributed by atoms with Crippen LogP contribution < -0.4 is 0 Å². The largest absolute Gasteiger partial charge is 0.225 e. The number of hydrogen-bond donors (Lipinski definition) is 0. The molecule has 3 heteroatoms. The lowest BCUT2D eigenvalue weighted by Gasteiger charge is -1.69. The molecular weight excluding hydrogens is 150 g/mol. The normalized spacial score (nSPS) is 5.50. The Balaban J connectivity index is -0.000000117. The predicted molar refractivity (Wildman–Crippen MR) is 53.9 cm³/mol.